The normalized spacial score (nSPS) is 16.3. The standard InChI is InChI=1S/C16H31N5O6/c22-10-9-20-5-7-21(8-6-20)14(23)11-13(16(26)27)19-4-3-17-1-2-18-12-15(24)25/h13,17-19,22H,1-12H2,(H,24,25)(H,26,27). The average molecular weight is 389 g/mol. The van der Waals surface area contributed by atoms with Crippen molar-refractivity contribution >= 4 is 17.8 Å². The molecule has 27 heavy (non-hydrogen) atoms. The van der Waals surface area contributed by atoms with Crippen molar-refractivity contribution in [2.45, 2.75) is 12.5 Å². The number of aliphatic carboxylic acids is 2. The Morgan fingerprint density at radius 3 is 2.15 bits per heavy atom. The molecule has 156 valence electrons. The Kier molecular flexibility index (Phi) is 11.5. The number of β-amino-alcohol motifs (C(OH)–C–C–N with tert-alkyl or cyclic N) is 1. The Hall–Kier alpha value is -1.79. The van der Waals surface area contributed by atoms with E-state index < -0.39 is 18.0 Å². The molecule has 11 nitrogen and oxygen atoms in total. The molecule has 0 saturated carbocycles. The first-order valence-corrected chi connectivity index (χ1v) is 9.14. The summed E-state index contributed by atoms with van der Waals surface area (Å²) in [5, 5.41) is 35.4. The minimum absolute atomic E-state index is 0.0859. The zero-order valence-corrected chi connectivity index (χ0v) is 15.5. The molecule has 1 aliphatic heterocycles. The number of carbonyl (C=O) groups excluding carboxylic acids is 1. The largest absolute Gasteiger partial charge is 0.480 e. The molecule has 0 aromatic rings. The van der Waals surface area contributed by atoms with E-state index in [1.54, 1.807) is 4.90 Å². The van der Waals surface area contributed by atoms with Gasteiger partial charge >= 0.3 is 11.9 Å². The van der Waals surface area contributed by atoms with Crippen molar-refractivity contribution in [1.82, 2.24) is 25.8 Å². The topological polar surface area (TPSA) is 154 Å². The summed E-state index contributed by atoms with van der Waals surface area (Å²) in [6.07, 6.45) is -0.102. The molecule has 0 radical (unpaired) electrons. The number of carboxylic acids is 2. The predicted molar refractivity (Wildman–Crippen MR) is 97.5 cm³/mol. The smallest absolute Gasteiger partial charge is 0.321 e. The van der Waals surface area contributed by atoms with E-state index >= 15 is 0 Å². The van der Waals surface area contributed by atoms with Crippen LogP contribution in [0.1, 0.15) is 6.42 Å². The SMILES string of the molecule is O=C(O)CNCCNCCNC(CC(=O)N1CCN(CCO)CC1)C(=O)O. The highest BCUT2D eigenvalue weighted by Crippen LogP contribution is 2.05. The van der Waals surface area contributed by atoms with Crippen LogP contribution < -0.4 is 16.0 Å². The Balaban J connectivity index is 2.20. The van der Waals surface area contributed by atoms with Crippen LogP contribution in [-0.2, 0) is 14.4 Å². The quantitative estimate of drug-likeness (QED) is 0.168. The number of aliphatic hydroxyl groups excluding tert-OH is 1. The number of aliphatic hydroxyl groups is 1. The molecule has 1 atom stereocenters. The average Bonchev–Trinajstić information content (AvgIpc) is 2.63. The minimum Gasteiger partial charge on any atom is -0.480 e. The third-order valence-electron chi connectivity index (χ3n) is 4.27. The van der Waals surface area contributed by atoms with Gasteiger partial charge in [-0.1, -0.05) is 0 Å². The van der Waals surface area contributed by atoms with Crippen molar-refractivity contribution in [1.29, 1.82) is 0 Å². The third kappa shape index (κ3) is 10.2. The molecule has 0 aromatic carbocycles. The zero-order chi connectivity index (χ0) is 20.1. The monoisotopic (exact) mass is 389 g/mol. The molecule has 1 heterocycles. The number of carbonyl (C=O) groups is 3. The van der Waals surface area contributed by atoms with Crippen LogP contribution in [0.5, 0.6) is 0 Å². The summed E-state index contributed by atoms with van der Waals surface area (Å²) in [7, 11) is 0. The number of piperazine rings is 1. The van der Waals surface area contributed by atoms with Crippen LogP contribution in [0, 0.1) is 0 Å². The van der Waals surface area contributed by atoms with Gasteiger partial charge in [0.2, 0.25) is 5.91 Å². The number of hydrogen-bond donors (Lipinski definition) is 6. The Labute approximate surface area is 158 Å². The molecule has 1 amide bonds. The fraction of sp³-hybridized carbons (Fsp3) is 0.812. The molecule has 1 unspecified atom stereocenters. The fourth-order valence-corrected chi connectivity index (χ4v) is 2.74. The second-order valence-electron chi connectivity index (χ2n) is 6.32. The number of amides is 1. The number of carboxylic acid groups (broad SMARTS) is 2. The fourth-order valence-electron chi connectivity index (χ4n) is 2.74. The summed E-state index contributed by atoms with van der Waals surface area (Å²) in [6, 6.07) is -0.945. The molecule has 0 aromatic heterocycles. The number of nitrogens with one attached hydrogen (secondary N) is 3. The lowest BCUT2D eigenvalue weighted by Gasteiger charge is -2.34. The van der Waals surface area contributed by atoms with Gasteiger partial charge in [-0.25, -0.2) is 0 Å². The summed E-state index contributed by atoms with van der Waals surface area (Å²) >= 11 is 0. The lowest BCUT2D eigenvalue weighted by molar-refractivity contribution is -0.144. The first-order chi connectivity index (χ1) is 12.9. The molecule has 11 heteroatoms. The van der Waals surface area contributed by atoms with Crippen molar-refractivity contribution in [2.24, 2.45) is 0 Å². The van der Waals surface area contributed by atoms with Crippen molar-refractivity contribution < 1.29 is 29.7 Å². The van der Waals surface area contributed by atoms with Crippen molar-refractivity contribution in [3.05, 3.63) is 0 Å². The van der Waals surface area contributed by atoms with Crippen LogP contribution in [0.3, 0.4) is 0 Å². The summed E-state index contributed by atoms with van der Waals surface area (Å²) in [4.78, 5) is 37.7. The highest BCUT2D eigenvalue weighted by molar-refractivity contribution is 5.84. The Bertz CT molecular complexity index is 470. The highest BCUT2D eigenvalue weighted by Gasteiger charge is 2.26. The van der Waals surface area contributed by atoms with Crippen LogP contribution >= 0.6 is 0 Å². The molecule has 0 spiro atoms. The Morgan fingerprint density at radius 1 is 0.926 bits per heavy atom. The maximum Gasteiger partial charge on any atom is 0.321 e. The predicted octanol–water partition coefficient (Wildman–Crippen LogP) is -3.18. The van der Waals surface area contributed by atoms with E-state index in [4.69, 9.17) is 10.2 Å². The number of rotatable bonds is 14. The maximum atomic E-state index is 12.3. The van der Waals surface area contributed by atoms with Crippen LogP contribution in [0.25, 0.3) is 0 Å². The maximum absolute atomic E-state index is 12.3. The van der Waals surface area contributed by atoms with Gasteiger partial charge in [-0.05, 0) is 0 Å². The third-order valence-corrected chi connectivity index (χ3v) is 4.27. The molecule has 6 N–H and O–H groups in total. The van der Waals surface area contributed by atoms with E-state index in [0.717, 1.165) is 0 Å². The summed E-state index contributed by atoms with van der Waals surface area (Å²) in [5.74, 6) is -2.17. The van der Waals surface area contributed by atoms with Gasteiger partial charge in [-0.3, -0.25) is 19.3 Å². The van der Waals surface area contributed by atoms with Gasteiger partial charge in [0, 0.05) is 58.9 Å². The van der Waals surface area contributed by atoms with Gasteiger partial charge in [0.05, 0.1) is 19.6 Å². The Morgan fingerprint density at radius 2 is 1.56 bits per heavy atom. The molecule has 1 saturated heterocycles. The first kappa shape index (κ1) is 23.2. The second kappa shape index (κ2) is 13.4. The molecule has 1 fully saturated rings. The van der Waals surface area contributed by atoms with E-state index in [9.17, 15) is 19.5 Å². The van der Waals surface area contributed by atoms with Crippen molar-refractivity contribution in [3.63, 3.8) is 0 Å². The van der Waals surface area contributed by atoms with E-state index in [0.29, 0.717) is 58.9 Å². The second-order valence-corrected chi connectivity index (χ2v) is 6.32. The summed E-state index contributed by atoms with van der Waals surface area (Å²) < 4.78 is 0. The van der Waals surface area contributed by atoms with E-state index in [2.05, 4.69) is 20.9 Å². The minimum atomic E-state index is -1.06. The molecule has 0 aliphatic carbocycles. The summed E-state index contributed by atoms with van der Waals surface area (Å²) in [5.41, 5.74) is 0. The van der Waals surface area contributed by atoms with Gasteiger partial charge in [-0.2, -0.15) is 0 Å². The van der Waals surface area contributed by atoms with E-state index in [1.807, 2.05) is 0 Å². The molecular formula is C16H31N5O6. The lowest BCUT2D eigenvalue weighted by atomic mass is 10.1. The van der Waals surface area contributed by atoms with Gasteiger partial charge in [-0.15, -0.1) is 0 Å². The van der Waals surface area contributed by atoms with E-state index in [1.165, 1.54) is 0 Å². The van der Waals surface area contributed by atoms with Gasteiger partial charge in [0.1, 0.15) is 6.04 Å². The number of hydrogen-bond acceptors (Lipinski definition) is 8. The highest BCUT2D eigenvalue weighted by atomic mass is 16.4. The van der Waals surface area contributed by atoms with Crippen LogP contribution in [0.15, 0.2) is 0 Å². The molecule has 1 rings (SSSR count). The van der Waals surface area contributed by atoms with Crippen LogP contribution in [0.4, 0.5) is 0 Å². The van der Waals surface area contributed by atoms with Crippen molar-refractivity contribution in [2.75, 3.05) is 72.1 Å². The van der Waals surface area contributed by atoms with Crippen LogP contribution in [0.2, 0.25) is 0 Å². The van der Waals surface area contributed by atoms with E-state index in [-0.39, 0.29) is 25.5 Å². The molecule has 0 bridgehead atoms. The van der Waals surface area contributed by atoms with Gasteiger partial charge < -0.3 is 36.2 Å². The van der Waals surface area contributed by atoms with Crippen molar-refractivity contribution in [3.8, 4) is 0 Å². The first-order valence-electron chi connectivity index (χ1n) is 9.14. The molecular weight excluding hydrogens is 358 g/mol. The summed E-state index contributed by atoms with van der Waals surface area (Å²) in [6.45, 7) is 4.94. The zero-order valence-electron chi connectivity index (χ0n) is 15.5. The van der Waals surface area contributed by atoms with Gasteiger partial charge in [0.15, 0.2) is 0 Å². The molecule has 1 aliphatic rings. The number of nitrogens with zero attached hydrogens (tertiary/aromatic N) is 2. The van der Waals surface area contributed by atoms with Gasteiger partial charge in [0.25, 0.3) is 0 Å². The van der Waals surface area contributed by atoms with Crippen LogP contribution in [-0.4, -0.2) is 121 Å². The lowest BCUT2D eigenvalue weighted by Crippen LogP contribution is -2.51.